The third-order valence-corrected chi connectivity index (χ3v) is 3.40. The van der Waals surface area contributed by atoms with Gasteiger partial charge in [-0.1, -0.05) is 19.3 Å². The fourth-order valence-corrected chi connectivity index (χ4v) is 2.43. The van der Waals surface area contributed by atoms with E-state index >= 15 is 0 Å². The Morgan fingerprint density at radius 3 is 2.80 bits per heavy atom. The van der Waals surface area contributed by atoms with Crippen LogP contribution in [0.2, 0.25) is 0 Å². The summed E-state index contributed by atoms with van der Waals surface area (Å²) in [6.07, 6.45) is 8.78. The molecule has 1 aromatic rings. The maximum Gasteiger partial charge on any atom is 0.134 e. The number of rotatable bonds is 3. The van der Waals surface area contributed by atoms with Crippen LogP contribution in [0.4, 0.5) is 0 Å². The number of hydrogen-bond acceptors (Lipinski definition) is 3. The van der Waals surface area contributed by atoms with E-state index in [9.17, 15) is 0 Å². The average molecular weight is 208 g/mol. The minimum Gasteiger partial charge on any atom is -0.325 e. The van der Waals surface area contributed by atoms with Gasteiger partial charge in [0.15, 0.2) is 0 Å². The van der Waals surface area contributed by atoms with Crippen molar-refractivity contribution in [1.82, 2.24) is 14.8 Å². The zero-order valence-corrected chi connectivity index (χ0v) is 9.45. The Kier molecular flexibility index (Phi) is 3.05. The zero-order valence-electron chi connectivity index (χ0n) is 9.45. The summed E-state index contributed by atoms with van der Waals surface area (Å²) in [4.78, 5) is 0. The Bertz CT molecular complexity index is 312. The Balaban J connectivity index is 2.06. The van der Waals surface area contributed by atoms with Crippen LogP contribution in [0.25, 0.3) is 0 Å². The molecule has 1 aliphatic rings. The Hall–Kier alpha value is -0.900. The lowest BCUT2D eigenvalue weighted by Gasteiger charge is -2.32. The largest absolute Gasteiger partial charge is 0.325 e. The molecule has 0 radical (unpaired) electrons. The maximum atomic E-state index is 6.39. The predicted molar refractivity (Wildman–Crippen MR) is 59.4 cm³/mol. The first-order valence-electron chi connectivity index (χ1n) is 5.89. The van der Waals surface area contributed by atoms with E-state index in [4.69, 9.17) is 5.73 Å². The summed E-state index contributed by atoms with van der Waals surface area (Å²) >= 11 is 0. The summed E-state index contributed by atoms with van der Waals surface area (Å²) in [6.45, 7) is 3.04. The summed E-state index contributed by atoms with van der Waals surface area (Å²) in [5, 5.41) is 8.11. The molecule has 0 amide bonds. The minimum atomic E-state index is -0.0296. The normalized spacial score (nSPS) is 20.4. The van der Waals surface area contributed by atoms with Gasteiger partial charge in [-0.2, -0.15) is 0 Å². The molecular weight excluding hydrogens is 188 g/mol. The molecule has 0 atom stereocenters. The van der Waals surface area contributed by atoms with Crippen molar-refractivity contribution >= 4 is 0 Å². The van der Waals surface area contributed by atoms with E-state index in [1.54, 1.807) is 6.33 Å². The highest BCUT2D eigenvalue weighted by Crippen LogP contribution is 2.28. The summed E-state index contributed by atoms with van der Waals surface area (Å²) in [7, 11) is 0. The standard InChI is InChI=1S/C11H20N4/c1-2-15-9-13-14-10(15)8-11(12)6-4-3-5-7-11/h9H,2-8,12H2,1H3. The van der Waals surface area contributed by atoms with Crippen LogP contribution in [0.1, 0.15) is 44.9 Å². The van der Waals surface area contributed by atoms with Gasteiger partial charge in [0.25, 0.3) is 0 Å². The van der Waals surface area contributed by atoms with Crippen LogP contribution in [-0.2, 0) is 13.0 Å². The van der Waals surface area contributed by atoms with Crippen LogP contribution >= 0.6 is 0 Å². The number of aryl methyl sites for hydroxylation is 1. The Morgan fingerprint density at radius 2 is 2.13 bits per heavy atom. The van der Waals surface area contributed by atoms with Crippen molar-refractivity contribution in [3.63, 3.8) is 0 Å². The third-order valence-electron chi connectivity index (χ3n) is 3.40. The number of nitrogens with two attached hydrogens (primary N) is 1. The zero-order chi connectivity index (χ0) is 10.7. The van der Waals surface area contributed by atoms with E-state index in [2.05, 4.69) is 21.7 Å². The van der Waals surface area contributed by atoms with Crippen LogP contribution in [0.3, 0.4) is 0 Å². The molecule has 1 aliphatic carbocycles. The average Bonchev–Trinajstić information content (AvgIpc) is 2.65. The molecule has 4 nitrogen and oxygen atoms in total. The first-order valence-corrected chi connectivity index (χ1v) is 5.89. The monoisotopic (exact) mass is 208 g/mol. The van der Waals surface area contributed by atoms with Crippen molar-refractivity contribution in [2.45, 2.75) is 57.5 Å². The lowest BCUT2D eigenvalue weighted by molar-refractivity contribution is 0.287. The minimum absolute atomic E-state index is 0.0296. The summed E-state index contributed by atoms with van der Waals surface area (Å²) in [5.41, 5.74) is 6.36. The van der Waals surface area contributed by atoms with Crippen molar-refractivity contribution in [3.05, 3.63) is 12.2 Å². The highest BCUT2D eigenvalue weighted by Gasteiger charge is 2.29. The Labute approximate surface area is 90.9 Å². The highest BCUT2D eigenvalue weighted by molar-refractivity contribution is 4.99. The van der Waals surface area contributed by atoms with E-state index in [1.807, 2.05) is 0 Å². The third kappa shape index (κ3) is 2.37. The first kappa shape index (κ1) is 10.6. The van der Waals surface area contributed by atoms with Crippen molar-refractivity contribution in [2.24, 2.45) is 5.73 Å². The molecule has 0 unspecified atom stereocenters. The molecule has 0 bridgehead atoms. The SMILES string of the molecule is CCn1cnnc1CC1(N)CCCCC1. The van der Waals surface area contributed by atoms with Gasteiger partial charge in [0, 0.05) is 18.5 Å². The van der Waals surface area contributed by atoms with Gasteiger partial charge in [-0.05, 0) is 19.8 Å². The van der Waals surface area contributed by atoms with E-state index < -0.39 is 0 Å². The van der Waals surface area contributed by atoms with Crippen LogP contribution < -0.4 is 5.73 Å². The van der Waals surface area contributed by atoms with Gasteiger partial charge in [-0.15, -0.1) is 10.2 Å². The number of nitrogens with zero attached hydrogens (tertiary/aromatic N) is 3. The van der Waals surface area contributed by atoms with Gasteiger partial charge in [0.2, 0.25) is 0 Å². The van der Waals surface area contributed by atoms with Crippen LogP contribution in [-0.4, -0.2) is 20.3 Å². The van der Waals surface area contributed by atoms with Crippen LogP contribution in [0, 0.1) is 0 Å². The second-order valence-corrected chi connectivity index (χ2v) is 4.63. The molecule has 2 N–H and O–H groups in total. The molecule has 1 fully saturated rings. The fourth-order valence-electron chi connectivity index (χ4n) is 2.43. The molecule has 4 heteroatoms. The smallest absolute Gasteiger partial charge is 0.134 e. The van der Waals surface area contributed by atoms with Gasteiger partial charge in [0.1, 0.15) is 12.2 Å². The molecule has 1 saturated carbocycles. The van der Waals surface area contributed by atoms with Crippen molar-refractivity contribution < 1.29 is 0 Å². The number of hydrogen-bond donors (Lipinski definition) is 1. The first-order chi connectivity index (χ1) is 7.23. The second kappa shape index (κ2) is 4.31. The Morgan fingerprint density at radius 1 is 1.40 bits per heavy atom. The van der Waals surface area contributed by atoms with E-state index in [1.165, 1.54) is 19.3 Å². The van der Waals surface area contributed by atoms with Gasteiger partial charge < -0.3 is 10.3 Å². The molecule has 0 aliphatic heterocycles. The van der Waals surface area contributed by atoms with Gasteiger partial charge in [-0.25, -0.2) is 0 Å². The van der Waals surface area contributed by atoms with Crippen molar-refractivity contribution in [1.29, 1.82) is 0 Å². The molecule has 84 valence electrons. The van der Waals surface area contributed by atoms with Crippen LogP contribution in [0.15, 0.2) is 6.33 Å². The van der Waals surface area contributed by atoms with Gasteiger partial charge in [-0.3, -0.25) is 0 Å². The highest BCUT2D eigenvalue weighted by atomic mass is 15.3. The molecule has 0 spiro atoms. The lowest BCUT2D eigenvalue weighted by Crippen LogP contribution is -2.44. The lowest BCUT2D eigenvalue weighted by atomic mass is 9.80. The molecular formula is C11H20N4. The molecule has 2 rings (SSSR count). The second-order valence-electron chi connectivity index (χ2n) is 4.63. The van der Waals surface area contributed by atoms with Crippen molar-refractivity contribution in [3.8, 4) is 0 Å². The quantitative estimate of drug-likeness (QED) is 0.819. The molecule has 1 aromatic heterocycles. The molecule has 0 aromatic carbocycles. The summed E-state index contributed by atoms with van der Waals surface area (Å²) < 4.78 is 2.09. The molecule has 0 saturated heterocycles. The summed E-state index contributed by atoms with van der Waals surface area (Å²) in [5.74, 6) is 1.04. The molecule has 15 heavy (non-hydrogen) atoms. The van der Waals surface area contributed by atoms with Crippen LogP contribution in [0.5, 0.6) is 0 Å². The van der Waals surface area contributed by atoms with E-state index in [0.29, 0.717) is 0 Å². The van der Waals surface area contributed by atoms with Crippen molar-refractivity contribution in [2.75, 3.05) is 0 Å². The maximum absolute atomic E-state index is 6.39. The predicted octanol–water partition coefficient (Wildman–Crippen LogP) is 1.50. The molecule has 1 heterocycles. The summed E-state index contributed by atoms with van der Waals surface area (Å²) in [6, 6.07) is 0. The van der Waals surface area contributed by atoms with E-state index in [-0.39, 0.29) is 5.54 Å². The number of aromatic nitrogens is 3. The topological polar surface area (TPSA) is 56.7 Å². The van der Waals surface area contributed by atoms with Gasteiger partial charge in [0.05, 0.1) is 0 Å². The fraction of sp³-hybridized carbons (Fsp3) is 0.818. The van der Waals surface area contributed by atoms with Gasteiger partial charge >= 0.3 is 0 Å². The van der Waals surface area contributed by atoms with E-state index in [0.717, 1.165) is 31.6 Å².